The number of ether oxygens (including phenoxy) is 2. The van der Waals surface area contributed by atoms with Crippen LogP contribution < -0.4 is 9.47 Å². The first kappa shape index (κ1) is 13.6. The first-order chi connectivity index (χ1) is 9.09. The van der Waals surface area contributed by atoms with Gasteiger partial charge in [0.15, 0.2) is 11.5 Å². The Kier molecular flexibility index (Phi) is 3.63. The number of aliphatic imine (C=N–C) groups is 1. The van der Waals surface area contributed by atoms with Gasteiger partial charge in [-0.25, -0.2) is 4.79 Å². The molecule has 1 aromatic rings. The molecule has 1 aromatic carbocycles. The molecule has 0 saturated heterocycles. The van der Waals surface area contributed by atoms with E-state index in [1.54, 1.807) is 20.3 Å². The third kappa shape index (κ3) is 2.02. The molecule has 0 aliphatic heterocycles. The third-order valence-corrected chi connectivity index (χ3v) is 3.93. The molecule has 0 spiro atoms. The van der Waals surface area contributed by atoms with Crippen LogP contribution >= 0.6 is 0 Å². The van der Waals surface area contributed by atoms with Gasteiger partial charge in [0.1, 0.15) is 5.54 Å². The van der Waals surface area contributed by atoms with E-state index in [4.69, 9.17) is 9.47 Å². The molecule has 1 aliphatic rings. The summed E-state index contributed by atoms with van der Waals surface area (Å²) < 4.78 is 11.0. The van der Waals surface area contributed by atoms with Gasteiger partial charge in [-0.1, -0.05) is 6.07 Å². The molecule has 19 heavy (non-hydrogen) atoms. The van der Waals surface area contributed by atoms with Gasteiger partial charge in [0.05, 0.1) is 14.2 Å². The Morgan fingerprint density at radius 1 is 1.16 bits per heavy atom. The van der Waals surface area contributed by atoms with Crippen LogP contribution in [0.5, 0.6) is 11.5 Å². The molecule has 0 bridgehead atoms. The van der Waals surface area contributed by atoms with Gasteiger partial charge in [0.2, 0.25) is 6.08 Å². The molecule has 0 amide bonds. The van der Waals surface area contributed by atoms with Crippen LogP contribution in [0.15, 0.2) is 11.1 Å². The van der Waals surface area contributed by atoms with E-state index in [1.807, 2.05) is 13.8 Å². The topological polar surface area (TPSA) is 47.9 Å². The standard InChI is InChI=1S/C15H19NO3/c1-10-8-11(2)13(18-3)14(19-4)12(10)15(16-9-17)6-5-7-15/h8H,5-7H2,1-4H3. The van der Waals surface area contributed by atoms with E-state index in [0.717, 1.165) is 41.7 Å². The lowest BCUT2D eigenvalue weighted by Gasteiger charge is -2.39. The van der Waals surface area contributed by atoms with Crippen LogP contribution in [0.2, 0.25) is 0 Å². The van der Waals surface area contributed by atoms with E-state index in [-0.39, 0.29) is 0 Å². The van der Waals surface area contributed by atoms with E-state index in [1.165, 1.54) is 0 Å². The molecular weight excluding hydrogens is 242 g/mol. The molecule has 1 saturated carbocycles. The Hall–Kier alpha value is -1.80. The molecule has 1 fully saturated rings. The molecule has 0 atom stereocenters. The van der Waals surface area contributed by atoms with E-state index in [0.29, 0.717) is 5.75 Å². The molecular formula is C15H19NO3. The van der Waals surface area contributed by atoms with Gasteiger partial charge in [-0.05, 0) is 44.2 Å². The number of nitrogens with zero attached hydrogens (tertiary/aromatic N) is 1. The van der Waals surface area contributed by atoms with Crippen LogP contribution in [-0.2, 0) is 10.3 Å². The second kappa shape index (κ2) is 5.06. The molecule has 2 rings (SSSR count). The summed E-state index contributed by atoms with van der Waals surface area (Å²) in [6.07, 6.45) is 4.48. The molecule has 1 aliphatic carbocycles. The predicted octanol–water partition coefficient (Wildman–Crippen LogP) is 3.04. The summed E-state index contributed by atoms with van der Waals surface area (Å²) in [6, 6.07) is 2.05. The van der Waals surface area contributed by atoms with E-state index >= 15 is 0 Å². The fourth-order valence-electron chi connectivity index (χ4n) is 2.98. The summed E-state index contributed by atoms with van der Waals surface area (Å²) in [5.74, 6) is 1.41. The number of aryl methyl sites for hydroxylation is 2. The number of methoxy groups -OCH3 is 2. The maximum absolute atomic E-state index is 10.8. The first-order valence-electron chi connectivity index (χ1n) is 6.41. The van der Waals surface area contributed by atoms with Gasteiger partial charge in [-0.15, -0.1) is 0 Å². The van der Waals surface area contributed by atoms with Gasteiger partial charge < -0.3 is 9.47 Å². The van der Waals surface area contributed by atoms with Crippen LogP contribution in [0.3, 0.4) is 0 Å². The smallest absolute Gasteiger partial charge is 0.235 e. The van der Waals surface area contributed by atoms with E-state index in [2.05, 4.69) is 11.1 Å². The molecule has 0 radical (unpaired) electrons. The lowest BCUT2D eigenvalue weighted by molar-refractivity contribution is 0.241. The minimum absolute atomic E-state index is 0.474. The van der Waals surface area contributed by atoms with Crippen molar-refractivity contribution in [2.45, 2.75) is 38.6 Å². The summed E-state index contributed by atoms with van der Waals surface area (Å²) in [7, 11) is 3.25. The predicted molar refractivity (Wildman–Crippen MR) is 72.7 cm³/mol. The van der Waals surface area contributed by atoms with E-state index in [9.17, 15) is 4.79 Å². The second-order valence-corrected chi connectivity index (χ2v) is 5.04. The van der Waals surface area contributed by atoms with Crippen molar-refractivity contribution in [3.63, 3.8) is 0 Å². The highest BCUT2D eigenvalue weighted by Crippen LogP contribution is 2.52. The summed E-state index contributed by atoms with van der Waals surface area (Å²) >= 11 is 0. The number of hydrogen-bond donors (Lipinski definition) is 0. The number of isocyanates is 1. The fraction of sp³-hybridized carbons (Fsp3) is 0.533. The maximum Gasteiger partial charge on any atom is 0.235 e. The first-order valence-corrected chi connectivity index (χ1v) is 6.41. The average Bonchev–Trinajstić information content (AvgIpc) is 2.33. The molecule has 4 heteroatoms. The van der Waals surface area contributed by atoms with Crippen molar-refractivity contribution in [2.75, 3.05) is 14.2 Å². The highest BCUT2D eigenvalue weighted by Gasteiger charge is 2.43. The summed E-state index contributed by atoms with van der Waals surface area (Å²) in [4.78, 5) is 14.8. The fourth-order valence-corrected chi connectivity index (χ4v) is 2.98. The second-order valence-electron chi connectivity index (χ2n) is 5.04. The van der Waals surface area contributed by atoms with Gasteiger partial charge in [0, 0.05) is 5.56 Å². The minimum Gasteiger partial charge on any atom is -0.493 e. The Labute approximate surface area is 113 Å². The SMILES string of the molecule is COc1c(C)cc(C)c(C2(N=C=O)CCC2)c1OC. The van der Waals surface area contributed by atoms with Crippen molar-refractivity contribution in [1.29, 1.82) is 0 Å². The molecule has 4 nitrogen and oxygen atoms in total. The van der Waals surface area contributed by atoms with Crippen molar-refractivity contribution >= 4 is 6.08 Å². The summed E-state index contributed by atoms with van der Waals surface area (Å²) in [5.41, 5.74) is 2.59. The lowest BCUT2D eigenvalue weighted by Crippen LogP contribution is -2.33. The van der Waals surface area contributed by atoms with Crippen molar-refractivity contribution in [2.24, 2.45) is 4.99 Å². The molecule has 0 aromatic heterocycles. The lowest BCUT2D eigenvalue weighted by atomic mass is 9.70. The van der Waals surface area contributed by atoms with Crippen molar-refractivity contribution in [3.8, 4) is 11.5 Å². The Balaban J connectivity index is 2.71. The van der Waals surface area contributed by atoms with Crippen LogP contribution in [-0.4, -0.2) is 20.3 Å². The van der Waals surface area contributed by atoms with Crippen molar-refractivity contribution < 1.29 is 14.3 Å². The normalized spacial score (nSPS) is 16.2. The highest BCUT2D eigenvalue weighted by atomic mass is 16.5. The summed E-state index contributed by atoms with van der Waals surface area (Å²) in [5, 5.41) is 0. The number of carbonyl (C=O) groups excluding carboxylic acids is 1. The van der Waals surface area contributed by atoms with Gasteiger partial charge in [0.25, 0.3) is 0 Å². The van der Waals surface area contributed by atoms with Crippen LogP contribution in [0.4, 0.5) is 0 Å². The summed E-state index contributed by atoms with van der Waals surface area (Å²) in [6.45, 7) is 4.00. The van der Waals surface area contributed by atoms with Crippen LogP contribution in [0.25, 0.3) is 0 Å². The monoisotopic (exact) mass is 261 g/mol. The Morgan fingerprint density at radius 3 is 2.21 bits per heavy atom. The third-order valence-electron chi connectivity index (χ3n) is 3.93. The largest absolute Gasteiger partial charge is 0.493 e. The molecule has 0 heterocycles. The minimum atomic E-state index is -0.474. The Bertz CT molecular complexity index is 541. The van der Waals surface area contributed by atoms with Crippen LogP contribution in [0.1, 0.15) is 36.0 Å². The quantitative estimate of drug-likeness (QED) is 0.618. The van der Waals surface area contributed by atoms with Crippen molar-refractivity contribution in [1.82, 2.24) is 0 Å². The van der Waals surface area contributed by atoms with Gasteiger partial charge in [-0.3, -0.25) is 0 Å². The zero-order valence-electron chi connectivity index (χ0n) is 11.9. The zero-order chi connectivity index (χ0) is 14.0. The van der Waals surface area contributed by atoms with Gasteiger partial charge >= 0.3 is 0 Å². The van der Waals surface area contributed by atoms with Crippen molar-refractivity contribution in [3.05, 3.63) is 22.8 Å². The number of benzene rings is 1. The number of hydrogen-bond acceptors (Lipinski definition) is 4. The molecule has 0 unspecified atom stereocenters. The Morgan fingerprint density at radius 2 is 1.79 bits per heavy atom. The number of rotatable bonds is 4. The molecule has 102 valence electrons. The van der Waals surface area contributed by atoms with E-state index < -0.39 is 5.54 Å². The maximum atomic E-state index is 10.8. The van der Waals surface area contributed by atoms with Gasteiger partial charge in [-0.2, -0.15) is 4.99 Å². The highest BCUT2D eigenvalue weighted by molar-refractivity contribution is 5.59. The zero-order valence-corrected chi connectivity index (χ0v) is 11.9. The van der Waals surface area contributed by atoms with Crippen LogP contribution in [0, 0.1) is 13.8 Å². The average molecular weight is 261 g/mol. The molecule has 0 N–H and O–H groups in total.